The summed E-state index contributed by atoms with van der Waals surface area (Å²) in [5.74, 6) is 0.780. The van der Waals surface area contributed by atoms with E-state index < -0.39 is 0 Å². The van der Waals surface area contributed by atoms with Gasteiger partial charge in [-0.25, -0.2) is 0 Å². The van der Waals surface area contributed by atoms with Gasteiger partial charge >= 0.3 is 0 Å². The lowest BCUT2D eigenvalue weighted by Crippen LogP contribution is -2.54. The number of rotatable bonds is 3. The minimum absolute atomic E-state index is 0.0355. The Morgan fingerprint density at radius 2 is 1.80 bits per heavy atom. The molecule has 3 aliphatic rings. The van der Waals surface area contributed by atoms with E-state index in [1.165, 1.54) is 38.6 Å². The van der Waals surface area contributed by atoms with Crippen molar-refractivity contribution in [3.63, 3.8) is 0 Å². The molecule has 3 fully saturated rings. The number of aliphatic hydroxyl groups excluding tert-OH is 1. The van der Waals surface area contributed by atoms with Crippen LogP contribution in [0.1, 0.15) is 58.8 Å². The van der Waals surface area contributed by atoms with Gasteiger partial charge in [0.05, 0.1) is 6.10 Å². The Morgan fingerprint density at radius 1 is 1.15 bits per heavy atom. The van der Waals surface area contributed by atoms with E-state index in [4.69, 9.17) is 0 Å². The molecule has 3 heteroatoms. The van der Waals surface area contributed by atoms with Crippen molar-refractivity contribution in [1.82, 2.24) is 10.2 Å². The molecule has 2 heterocycles. The van der Waals surface area contributed by atoms with Gasteiger partial charge in [-0.2, -0.15) is 0 Å². The van der Waals surface area contributed by atoms with Crippen LogP contribution in [0.3, 0.4) is 0 Å². The first-order valence-corrected chi connectivity index (χ1v) is 8.62. The van der Waals surface area contributed by atoms with Crippen molar-refractivity contribution < 1.29 is 5.11 Å². The maximum atomic E-state index is 9.96. The second kappa shape index (κ2) is 5.58. The first kappa shape index (κ1) is 14.8. The minimum Gasteiger partial charge on any atom is -0.393 e. The van der Waals surface area contributed by atoms with Crippen LogP contribution in [0, 0.1) is 11.3 Å². The molecule has 4 unspecified atom stereocenters. The van der Waals surface area contributed by atoms with Gasteiger partial charge in [-0.15, -0.1) is 0 Å². The Labute approximate surface area is 124 Å². The molecule has 0 amide bonds. The van der Waals surface area contributed by atoms with Gasteiger partial charge < -0.3 is 10.4 Å². The van der Waals surface area contributed by atoms with Gasteiger partial charge in [-0.05, 0) is 56.9 Å². The van der Waals surface area contributed by atoms with Crippen molar-refractivity contribution in [3.05, 3.63) is 0 Å². The quantitative estimate of drug-likeness (QED) is 0.833. The van der Waals surface area contributed by atoms with Crippen LogP contribution in [-0.2, 0) is 0 Å². The summed E-state index contributed by atoms with van der Waals surface area (Å²) in [6, 6.07) is 1.96. The topological polar surface area (TPSA) is 35.5 Å². The van der Waals surface area contributed by atoms with E-state index in [0.29, 0.717) is 23.5 Å². The Morgan fingerprint density at radius 3 is 2.40 bits per heavy atom. The van der Waals surface area contributed by atoms with E-state index in [0.717, 1.165) is 18.8 Å². The van der Waals surface area contributed by atoms with E-state index in [9.17, 15) is 5.11 Å². The van der Waals surface area contributed by atoms with Gasteiger partial charge in [0.1, 0.15) is 0 Å². The number of fused-ring (bicyclic) bond motifs is 2. The van der Waals surface area contributed by atoms with Crippen molar-refractivity contribution in [2.75, 3.05) is 13.6 Å². The smallest absolute Gasteiger partial charge is 0.0570 e. The van der Waals surface area contributed by atoms with Crippen LogP contribution in [0.15, 0.2) is 0 Å². The summed E-state index contributed by atoms with van der Waals surface area (Å²) in [5.41, 5.74) is 0.423. The van der Waals surface area contributed by atoms with Crippen molar-refractivity contribution in [2.45, 2.75) is 83.0 Å². The molecule has 0 aromatic carbocycles. The van der Waals surface area contributed by atoms with E-state index in [-0.39, 0.29) is 6.10 Å². The molecule has 1 saturated carbocycles. The zero-order valence-electron chi connectivity index (χ0n) is 13.4. The third-order valence-corrected chi connectivity index (χ3v) is 6.33. The lowest BCUT2D eigenvalue weighted by atomic mass is 9.67. The molecule has 3 nitrogen and oxygen atoms in total. The molecule has 0 aromatic rings. The molecule has 4 atom stereocenters. The molecule has 3 rings (SSSR count). The zero-order valence-corrected chi connectivity index (χ0v) is 13.4. The van der Waals surface area contributed by atoms with Crippen LogP contribution < -0.4 is 5.32 Å². The van der Waals surface area contributed by atoms with E-state index in [1.807, 2.05) is 0 Å². The van der Waals surface area contributed by atoms with Gasteiger partial charge in [0.2, 0.25) is 0 Å². The molecular formula is C17H32N2O. The number of nitrogens with one attached hydrogen (secondary N) is 1. The van der Waals surface area contributed by atoms with Crippen LogP contribution in [0.25, 0.3) is 0 Å². The molecule has 0 spiro atoms. The van der Waals surface area contributed by atoms with Crippen LogP contribution in [0.5, 0.6) is 0 Å². The summed E-state index contributed by atoms with van der Waals surface area (Å²) in [6.45, 7) is 6.10. The first-order chi connectivity index (χ1) is 9.51. The maximum absolute atomic E-state index is 9.96. The van der Waals surface area contributed by atoms with Crippen LogP contribution in [-0.4, -0.2) is 47.8 Å². The summed E-state index contributed by atoms with van der Waals surface area (Å²) < 4.78 is 0. The summed E-state index contributed by atoms with van der Waals surface area (Å²) in [7, 11) is 2.14. The number of piperidine rings is 1. The normalized spacial score (nSPS) is 44.7. The van der Waals surface area contributed by atoms with Crippen molar-refractivity contribution >= 4 is 0 Å². The average Bonchev–Trinajstić information content (AvgIpc) is 2.61. The third-order valence-electron chi connectivity index (χ3n) is 6.33. The first-order valence-electron chi connectivity index (χ1n) is 8.62. The molecule has 20 heavy (non-hydrogen) atoms. The van der Waals surface area contributed by atoms with Crippen molar-refractivity contribution in [3.8, 4) is 0 Å². The van der Waals surface area contributed by atoms with E-state index >= 15 is 0 Å². The highest BCUT2D eigenvalue weighted by molar-refractivity contribution is 4.99. The molecule has 2 saturated heterocycles. The van der Waals surface area contributed by atoms with Crippen LogP contribution >= 0.6 is 0 Å². The Bertz CT molecular complexity index is 330. The van der Waals surface area contributed by atoms with Crippen molar-refractivity contribution in [2.24, 2.45) is 11.3 Å². The lowest BCUT2D eigenvalue weighted by Gasteiger charge is -2.47. The van der Waals surface area contributed by atoms with Crippen LogP contribution in [0.2, 0.25) is 0 Å². The lowest BCUT2D eigenvalue weighted by molar-refractivity contribution is 0.00716. The molecule has 0 aromatic heterocycles. The maximum Gasteiger partial charge on any atom is 0.0570 e. The highest BCUT2D eigenvalue weighted by atomic mass is 16.3. The molecular weight excluding hydrogens is 248 g/mol. The van der Waals surface area contributed by atoms with Crippen LogP contribution in [0.4, 0.5) is 0 Å². The molecule has 2 aliphatic heterocycles. The fraction of sp³-hybridized carbons (Fsp3) is 1.00. The summed E-state index contributed by atoms with van der Waals surface area (Å²) in [5, 5.41) is 13.6. The molecule has 1 aliphatic carbocycles. The average molecular weight is 280 g/mol. The molecule has 2 bridgehead atoms. The summed E-state index contributed by atoms with van der Waals surface area (Å²) in [4.78, 5) is 2.75. The second-order valence-electron chi connectivity index (χ2n) is 8.11. The zero-order chi connectivity index (χ0) is 14.3. The third kappa shape index (κ3) is 2.65. The number of hydrogen-bond acceptors (Lipinski definition) is 3. The number of nitrogens with zero attached hydrogens (tertiary/aromatic N) is 1. The second-order valence-corrected chi connectivity index (χ2v) is 8.11. The van der Waals surface area contributed by atoms with Gasteiger partial charge in [-0.1, -0.05) is 20.3 Å². The van der Waals surface area contributed by atoms with Gasteiger partial charge in [0.15, 0.2) is 0 Å². The Balaban J connectivity index is 1.68. The van der Waals surface area contributed by atoms with Gasteiger partial charge in [0, 0.05) is 24.7 Å². The fourth-order valence-electron chi connectivity index (χ4n) is 5.42. The molecule has 2 N–H and O–H groups in total. The van der Waals surface area contributed by atoms with E-state index in [2.05, 4.69) is 31.1 Å². The highest BCUT2D eigenvalue weighted by Gasteiger charge is 2.44. The monoisotopic (exact) mass is 280 g/mol. The Kier molecular flexibility index (Phi) is 4.13. The minimum atomic E-state index is -0.0355. The van der Waals surface area contributed by atoms with E-state index in [1.54, 1.807) is 0 Å². The van der Waals surface area contributed by atoms with Gasteiger partial charge in [-0.3, -0.25) is 4.90 Å². The van der Waals surface area contributed by atoms with Gasteiger partial charge in [0.25, 0.3) is 0 Å². The molecule has 0 radical (unpaired) electrons. The predicted octanol–water partition coefficient (Wildman–Crippen LogP) is 2.39. The largest absolute Gasteiger partial charge is 0.393 e. The predicted molar refractivity (Wildman–Crippen MR) is 82.7 cm³/mol. The fourth-order valence-corrected chi connectivity index (χ4v) is 5.42. The number of hydrogen-bond donors (Lipinski definition) is 2. The number of aliphatic hydroxyl groups is 1. The highest BCUT2D eigenvalue weighted by Crippen LogP contribution is 2.42. The summed E-state index contributed by atoms with van der Waals surface area (Å²) in [6.07, 6.45) is 8.69. The molecule has 116 valence electrons. The summed E-state index contributed by atoms with van der Waals surface area (Å²) >= 11 is 0. The SMILES string of the molecule is CNC1C(CN2C3CCC2CC(O)C3)CCCC1(C)C. The van der Waals surface area contributed by atoms with Crippen molar-refractivity contribution in [1.29, 1.82) is 0 Å². The standard InChI is InChI=1S/C17H32N2O/c1-17(2)8-4-5-12(16(17)18-3)11-19-13-6-7-14(19)10-15(20)9-13/h12-16,18,20H,4-11H2,1-3H3. The Hall–Kier alpha value is -0.120.